The number of rotatable bonds is 5. The molecule has 1 atom stereocenters. The first-order valence-corrected chi connectivity index (χ1v) is 7.73. The molecule has 1 aliphatic heterocycles. The van der Waals surface area contributed by atoms with Crippen LogP contribution in [0.15, 0.2) is 17.8 Å². The molecule has 3 rings (SSSR count). The van der Waals surface area contributed by atoms with E-state index in [-0.39, 0.29) is 5.78 Å². The Morgan fingerprint density at radius 2 is 2.47 bits per heavy atom. The Balaban J connectivity index is 1.49. The van der Waals surface area contributed by atoms with Crippen molar-refractivity contribution in [2.75, 3.05) is 6.61 Å². The molecule has 1 fully saturated rings. The lowest BCUT2D eigenvalue weighted by molar-refractivity contribution is -0.119. The molecular weight excluding hydrogens is 260 g/mol. The van der Waals surface area contributed by atoms with Gasteiger partial charge in [0.15, 0.2) is 4.96 Å². The summed E-state index contributed by atoms with van der Waals surface area (Å²) in [5, 5.41) is 1.99. The maximum absolute atomic E-state index is 12.0. The largest absolute Gasteiger partial charge is 0.378 e. The summed E-state index contributed by atoms with van der Waals surface area (Å²) < 4.78 is 7.61. The number of ketones is 1. The quantitative estimate of drug-likeness (QED) is 0.844. The van der Waals surface area contributed by atoms with Crippen LogP contribution >= 0.6 is 11.3 Å². The number of hydrogen-bond acceptors (Lipinski definition) is 4. The molecule has 0 amide bonds. The zero-order chi connectivity index (χ0) is 13.1. The number of imidazole rings is 1. The molecule has 0 N–H and O–H groups in total. The van der Waals surface area contributed by atoms with E-state index in [0.717, 1.165) is 36.5 Å². The summed E-state index contributed by atoms with van der Waals surface area (Å²) in [4.78, 5) is 17.3. The average molecular weight is 278 g/mol. The zero-order valence-corrected chi connectivity index (χ0v) is 11.7. The number of thiazole rings is 1. The molecule has 19 heavy (non-hydrogen) atoms. The minimum Gasteiger partial charge on any atom is -0.378 e. The Hall–Kier alpha value is -1.20. The van der Waals surface area contributed by atoms with E-state index < -0.39 is 0 Å². The van der Waals surface area contributed by atoms with Gasteiger partial charge in [-0.1, -0.05) is 0 Å². The number of nitrogens with zero attached hydrogens (tertiary/aromatic N) is 2. The minimum absolute atomic E-state index is 0.264. The molecule has 1 saturated heterocycles. The molecule has 0 saturated carbocycles. The Labute approximate surface area is 116 Å². The van der Waals surface area contributed by atoms with Crippen LogP contribution in [-0.4, -0.2) is 27.9 Å². The third kappa shape index (κ3) is 3.22. The second-order valence-electron chi connectivity index (χ2n) is 5.07. The van der Waals surface area contributed by atoms with Crippen molar-refractivity contribution in [2.24, 2.45) is 0 Å². The van der Waals surface area contributed by atoms with E-state index in [2.05, 4.69) is 4.98 Å². The molecule has 1 unspecified atom stereocenters. The summed E-state index contributed by atoms with van der Waals surface area (Å²) >= 11 is 1.59. The smallest absolute Gasteiger partial charge is 0.193 e. The molecule has 102 valence electrons. The summed E-state index contributed by atoms with van der Waals surface area (Å²) in [7, 11) is 0. The van der Waals surface area contributed by atoms with Gasteiger partial charge in [0.2, 0.25) is 0 Å². The van der Waals surface area contributed by atoms with Gasteiger partial charge in [-0.2, -0.15) is 0 Å². The molecule has 0 radical (unpaired) electrons. The van der Waals surface area contributed by atoms with E-state index >= 15 is 0 Å². The molecule has 0 aromatic carbocycles. The summed E-state index contributed by atoms with van der Waals surface area (Å²) in [6.45, 7) is 0.857. The number of Topliss-reactive ketones (excluding diaryl/α,β-unsaturated/α-hetero) is 1. The van der Waals surface area contributed by atoms with E-state index in [9.17, 15) is 4.79 Å². The van der Waals surface area contributed by atoms with Crippen molar-refractivity contribution in [1.82, 2.24) is 9.38 Å². The van der Waals surface area contributed by atoms with E-state index in [1.165, 1.54) is 6.42 Å². The maximum atomic E-state index is 12.0. The van der Waals surface area contributed by atoms with Gasteiger partial charge in [0, 0.05) is 30.8 Å². The highest BCUT2D eigenvalue weighted by atomic mass is 32.1. The van der Waals surface area contributed by atoms with Crippen molar-refractivity contribution >= 4 is 22.1 Å². The number of aromatic nitrogens is 2. The van der Waals surface area contributed by atoms with Gasteiger partial charge in [0.05, 0.1) is 18.2 Å². The Morgan fingerprint density at radius 3 is 3.26 bits per heavy atom. The highest BCUT2D eigenvalue weighted by molar-refractivity contribution is 7.15. The van der Waals surface area contributed by atoms with Gasteiger partial charge in [-0.3, -0.25) is 9.20 Å². The van der Waals surface area contributed by atoms with Gasteiger partial charge in [0.25, 0.3) is 0 Å². The molecule has 1 aliphatic rings. The fourth-order valence-electron chi connectivity index (χ4n) is 2.51. The second-order valence-corrected chi connectivity index (χ2v) is 5.94. The van der Waals surface area contributed by atoms with Crippen LogP contribution in [0, 0.1) is 0 Å². The fourth-order valence-corrected chi connectivity index (χ4v) is 3.23. The predicted molar refractivity (Wildman–Crippen MR) is 74.6 cm³/mol. The van der Waals surface area contributed by atoms with E-state index in [1.807, 2.05) is 22.2 Å². The van der Waals surface area contributed by atoms with Crippen LogP contribution in [-0.2, 0) is 16.0 Å². The van der Waals surface area contributed by atoms with Crippen molar-refractivity contribution < 1.29 is 9.53 Å². The summed E-state index contributed by atoms with van der Waals surface area (Å²) in [6, 6.07) is 0. The summed E-state index contributed by atoms with van der Waals surface area (Å²) in [5.74, 6) is 0.264. The average Bonchev–Trinajstić information content (AvgIpc) is 2.98. The minimum atomic E-state index is 0.264. The Morgan fingerprint density at radius 1 is 1.53 bits per heavy atom. The number of carbonyl (C=O) groups is 1. The van der Waals surface area contributed by atoms with Crippen molar-refractivity contribution in [1.29, 1.82) is 0 Å². The first-order chi connectivity index (χ1) is 9.31. The maximum Gasteiger partial charge on any atom is 0.193 e. The van der Waals surface area contributed by atoms with Crippen LogP contribution in [0.1, 0.15) is 37.8 Å². The SMILES string of the molecule is O=C(CCC1CCCCO1)Cc1cn2ccsc2n1. The van der Waals surface area contributed by atoms with E-state index in [4.69, 9.17) is 4.74 Å². The number of carbonyl (C=O) groups excluding carboxylic acids is 1. The van der Waals surface area contributed by atoms with Crippen LogP contribution < -0.4 is 0 Å². The molecule has 5 heteroatoms. The second kappa shape index (κ2) is 5.84. The Bertz CT molecular complexity index is 526. The van der Waals surface area contributed by atoms with Crippen LogP contribution in [0.2, 0.25) is 0 Å². The highest BCUT2D eigenvalue weighted by Gasteiger charge is 2.16. The highest BCUT2D eigenvalue weighted by Crippen LogP contribution is 2.18. The monoisotopic (exact) mass is 278 g/mol. The lowest BCUT2D eigenvalue weighted by Crippen LogP contribution is -2.20. The standard InChI is InChI=1S/C14H18N2O2S/c17-12(4-5-13-3-1-2-7-18-13)9-11-10-16-6-8-19-14(16)15-11/h6,8,10,13H,1-5,7,9H2. The molecule has 2 aromatic heterocycles. The van der Waals surface area contributed by atoms with Crippen molar-refractivity contribution in [3.05, 3.63) is 23.5 Å². The third-order valence-electron chi connectivity index (χ3n) is 3.54. The molecule has 4 nitrogen and oxygen atoms in total. The van der Waals surface area contributed by atoms with Crippen molar-refractivity contribution in [3.63, 3.8) is 0 Å². The normalized spacial score (nSPS) is 19.9. The molecule has 3 heterocycles. The van der Waals surface area contributed by atoms with Crippen molar-refractivity contribution in [2.45, 2.75) is 44.6 Å². The first kappa shape index (κ1) is 12.8. The Kier molecular flexibility index (Phi) is 3.94. The van der Waals surface area contributed by atoms with Crippen LogP contribution in [0.3, 0.4) is 0 Å². The summed E-state index contributed by atoms with van der Waals surface area (Å²) in [5.41, 5.74) is 0.876. The van der Waals surface area contributed by atoms with Crippen LogP contribution in [0.25, 0.3) is 4.96 Å². The van der Waals surface area contributed by atoms with E-state index in [1.54, 1.807) is 11.3 Å². The zero-order valence-electron chi connectivity index (χ0n) is 10.9. The van der Waals surface area contributed by atoms with E-state index in [0.29, 0.717) is 18.9 Å². The number of hydrogen-bond donors (Lipinski definition) is 0. The third-order valence-corrected chi connectivity index (χ3v) is 4.31. The van der Waals surface area contributed by atoms with Gasteiger partial charge < -0.3 is 4.74 Å². The van der Waals surface area contributed by atoms with Crippen molar-refractivity contribution in [3.8, 4) is 0 Å². The molecule has 0 aliphatic carbocycles. The summed E-state index contributed by atoms with van der Waals surface area (Å²) in [6.07, 6.45) is 9.62. The fraction of sp³-hybridized carbons (Fsp3) is 0.571. The van der Waals surface area contributed by atoms with Gasteiger partial charge >= 0.3 is 0 Å². The topological polar surface area (TPSA) is 43.6 Å². The molecular formula is C14H18N2O2S. The van der Waals surface area contributed by atoms with Gasteiger partial charge in [-0.25, -0.2) is 4.98 Å². The predicted octanol–water partition coefficient (Wildman–Crippen LogP) is 2.86. The van der Waals surface area contributed by atoms with Crippen LogP contribution in [0.5, 0.6) is 0 Å². The first-order valence-electron chi connectivity index (χ1n) is 6.85. The molecule has 2 aromatic rings. The number of ether oxygens (including phenoxy) is 1. The van der Waals surface area contributed by atoms with Crippen LogP contribution in [0.4, 0.5) is 0 Å². The molecule has 0 spiro atoms. The van der Waals surface area contributed by atoms with Gasteiger partial charge in [-0.05, 0) is 25.7 Å². The van der Waals surface area contributed by atoms with Gasteiger partial charge in [0.1, 0.15) is 5.78 Å². The lowest BCUT2D eigenvalue weighted by Gasteiger charge is -2.21. The lowest BCUT2D eigenvalue weighted by atomic mass is 10.0. The van der Waals surface area contributed by atoms with Gasteiger partial charge in [-0.15, -0.1) is 11.3 Å². The molecule has 0 bridgehead atoms. The number of fused-ring (bicyclic) bond motifs is 1.